The van der Waals surface area contributed by atoms with Gasteiger partial charge in [-0.2, -0.15) is 0 Å². The smallest absolute Gasteiger partial charge is 0.303 e. The standard InChI is InChI=1S/C5H11NO2/c1-4(6)2-3-5(7)8/h4H,2-3,6H2,1H3,(H,7,8)/p+1/t4-/m1/s1. The normalized spacial score (nSPS) is 13.2. The molecule has 0 aromatic heterocycles. The van der Waals surface area contributed by atoms with Crippen molar-refractivity contribution in [3.05, 3.63) is 0 Å². The van der Waals surface area contributed by atoms with Crippen molar-refractivity contribution in [2.24, 2.45) is 0 Å². The average Bonchev–Trinajstić information content (AvgIpc) is 1.61. The van der Waals surface area contributed by atoms with Gasteiger partial charge in [-0.3, -0.25) is 4.79 Å². The molecule has 3 nitrogen and oxygen atoms in total. The van der Waals surface area contributed by atoms with E-state index in [4.69, 9.17) is 5.11 Å². The van der Waals surface area contributed by atoms with Crippen LogP contribution in [0.5, 0.6) is 0 Å². The van der Waals surface area contributed by atoms with E-state index in [1.807, 2.05) is 6.92 Å². The second-order valence-electron chi connectivity index (χ2n) is 2.04. The maximum absolute atomic E-state index is 9.88. The maximum atomic E-state index is 9.88. The molecule has 8 heavy (non-hydrogen) atoms. The van der Waals surface area contributed by atoms with Crippen LogP contribution in [0.25, 0.3) is 0 Å². The Balaban J connectivity index is 3.05. The Hall–Kier alpha value is -0.570. The summed E-state index contributed by atoms with van der Waals surface area (Å²) in [6, 6.07) is 0.256. The molecular formula is C5H12NO2+. The van der Waals surface area contributed by atoms with Crippen LogP contribution in [0.4, 0.5) is 0 Å². The van der Waals surface area contributed by atoms with Crippen molar-refractivity contribution >= 4 is 5.97 Å². The van der Waals surface area contributed by atoms with Crippen molar-refractivity contribution in [1.29, 1.82) is 0 Å². The molecule has 0 aromatic rings. The van der Waals surface area contributed by atoms with E-state index in [-0.39, 0.29) is 12.5 Å². The molecule has 0 unspecified atom stereocenters. The molecule has 0 aromatic carbocycles. The van der Waals surface area contributed by atoms with Crippen LogP contribution in [0.1, 0.15) is 19.8 Å². The molecule has 0 spiro atoms. The number of carboxylic acid groups (broad SMARTS) is 1. The van der Waals surface area contributed by atoms with Gasteiger partial charge in [0.25, 0.3) is 0 Å². The Morgan fingerprint density at radius 3 is 2.50 bits per heavy atom. The first-order valence-corrected chi connectivity index (χ1v) is 2.68. The summed E-state index contributed by atoms with van der Waals surface area (Å²) in [6.07, 6.45) is 0.917. The van der Waals surface area contributed by atoms with Gasteiger partial charge in [0.05, 0.1) is 12.5 Å². The average molecular weight is 118 g/mol. The molecular weight excluding hydrogens is 106 g/mol. The molecule has 0 aliphatic rings. The van der Waals surface area contributed by atoms with Crippen molar-refractivity contribution in [1.82, 2.24) is 0 Å². The minimum absolute atomic E-state index is 0.241. The van der Waals surface area contributed by atoms with E-state index in [0.29, 0.717) is 6.42 Å². The monoisotopic (exact) mass is 118 g/mol. The van der Waals surface area contributed by atoms with Crippen LogP contribution < -0.4 is 5.73 Å². The van der Waals surface area contributed by atoms with Gasteiger partial charge in [-0.15, -0.1) is 0 Å². The second kappa shape index (κ2) is 3.43. The third-order valence-corrected chi connectivity index (χ3v) is 0.851. The lowest BCUT2D eigenvalue weighted by Crippen LogP contribution is -2.59. The third-order valence-electron chi connectivity index (χ3n) is 0.851. The molecule has 0 aliphatic heterocycles. The topological polar surface area (TPSA) is 64.9 Å². The van der Waals surface area contributed by atoms with Crippen LogP contribution in [0, 0.1) is 0 Å². The van der Waals surface area contributed by atoms with Gasteiger partial charge in [0.1, 0.15) is 0 Å². The quantitative estimate of drug-likeness (QED) is 0.523. The van der Waals surface area contributed by atoms with Gasteiger partial charge < -0.3 is 10.8 Å². The largest absolute Gasteiger partial charge is 0.481 e. The summed E-state index contributed by atoms with van der Waals surface area (Å²) < 4.78 is 0. The lowest BCUT2D eigenvalue weighted by molar-refractivity contribution is -0.415. The first-order valence-electron chi connectivity index (χ1n) is 2.68. The highest BCUT2D eigenvalue weighted by atomic mass is 16.4. The van der Waals surface area contributed by atoms with Gasteiger partial charge in [-0.25, -0.2) is 0 Å². The van der Waals surface area contributed by atoms with Crippen LogP contribution in [-0.2, 0) is 4.79 Å². The molecule has 0 aliphatic carbocycles. The van der Waals surface area contributed by atoms with E-state index in [1.165, 1.54) is 0 Å². The number of carbonyl (C=O) groups is 1. The van der Waals surface area contributed by atoms with E-state index in [2.05, 4.69) is 5.73 Å². The van der Waals surface area contributed by atoms with Gasteiger partial charge >= 0.3 is 5.97 Å². The van der Waals surface area contributed by atoms with E-state index >= 15 is 0 Å². The molecule has 0 radical (unpaired) electrons. The van der Waals surface area contributed by atoms with Gasteiger partial charge in [0.2, 0.25) is 0 Å². The number of hydrogen-bond donors (Lipinski definition) is 2. The Kier molecular flexibility index (Phi) is 3.19. The van der Waals surface area contributed by atoms with Crippen LogP contribution in [-0.4, -0.2) is 17.1 Å². The fraction of sp³-hybridized carbons (Fsp3) is 0.800. The van der Waals surface area contributed by atoms with Crippen molar-refractivity contribution < 1.29 is 15.6 Å². The van der Waals surface area contributed by atoms with Crippen LogP contribution in [0.15, 0.2) is 0 Å². The molecule has 4 N–H and O–H groups in total. The molecule has 0 amide bonds. The van der Waals surface area contributed by atoms with Gasteiger partial charge in [0, 0.05) is 6.42 Å². The zero-order valence-electron chi connectivity index (χ0n) is 5.05. The van der Waals surface area contributed by atoms with E-state index < -0.39 is 5.97 Å². The summed E-state index contributed by atoms with van der Waals surface area (Å²) >= 11 is 0. The lowest BCUT2D eigenvalue weighted by Gasteiger charge is -1.95. The van der Waals surface area contributed by atoms with Crippen LogP contribution >= 0.6 is 0 Å². The summed E-state index contributed by atoms with van der Waals surface area (Å²) in [6.45, 7) is 1.91. The SMILES string of the molecule is C[C@@H]([NH3+])CCC(=O)O. The lowest BCUT2D eigenvalue weighted by atomic mass is 10.2. The molecule has 3 heteroatoms. The molecule has 0 rings (SSSR count). The number of aliphatic carboxylic acids is 1. The number of carboxylic acids is 1. The summed E-state index contributed by atoms with van der Waals surface area (Å²) in [5, 5.41) is 8.13. The predicted molar refractivity (Wildman–Crippen MR) is 29.2 cm³/mol. The maximum Gasteiger partial charge on any atom is 0.303 e. The Labute approximate surface area is 48.5 Å². The van der Waals surface area contributed by atoms with Gasteiger partial charge in [-0.1, -0.05) is 0 Å². The zero-order chi connectivity index (χ0) is 6.57. The Morgan fingerprint density at radius 1 is 1.88 bits per heavy atom. The first kappa shape index (κ1) is 7.43. The molecule has 0 saturated carbocycles. The number of quaternary nitrogens is 1. The summed E-state index contributed by atoms with van der Waals surface area (Å²) in [7, 11) is 0. The summed E-state index contributed by atoms with van der Waals surface area (Å²) in [4.78, 5) is 9.88. The van der Waals surface area contributed by atoms with Crippen LogP contribution in [0.2, 0.25) is 0 Å². The molecule has 1 atom stereocenters. The second-order valence-corrected chi connectivity index (χ2v) is 2.04. The highest BCUT2D eigenvalue weighted by Crippen LogP contribution is 1.89. The minimum atomic E-state index is -0.736. The highest BCUT2D eigenvalue weighted by Gasteiger charge is 2.00. The molecule has 0 fully saturated rings. The van der Waals surface area contributed by atoms with Crippen molar-refractivity contribution in [3.63, 3.8) is 0 Å². The molecule has 48 valence electrons. The van der Waals surface area contributed by atoms with Crippen molar-refractivity contribution in [3.8, 4) is 0 Å². The Bertz CT molecular complexity index is 80.5. The fourth-order valence-corrected chi connectivity index (χ4v) is 0.370. The van der Waals surface area contributed by atoms with Crippen molar-refractivity contribution in [2.45, 2.75) is 25.8 Å². The predicted octanol–water partition coefficient (Wildman–Crippen LogP) is -0.518. The fourth-order valence-electron chi connectivity index (χ4n) is 0.370. The zero-order valence-corrected chi connectivity index (χ0v) is 5.05. The van der Waals surface area contributed by atoms with Gasteiger partial charge in [0.15, 0.2) is 0 Å². The highest BCUT2D eigenvalue weighted by molar-refractivity contribution is 5.66. The number of rotatable bonds is 3. The molecule has 0 saturated heterocycles. The minimum Gasteiger partial charge on any atom is -0.481 e. The summed E-state index contributed by atoms with van der Waals surface area (Å²) in [5.74, 6) is -0.736. The number of hydrogen-bond acceptors (Lipinski definition) is 1. The van der Waals surface area contributed by atoms with E-state index in [1.54, 1.807) is 0 Å². The molecule has 0 heterocycles. The summed E-state index contributed by atoms with van der Waals surface area (Å²) in [5.41, 5.74) is 3.65. The Morgan fingerprint density at radius 2 is 2.38 bits per heavy atom. The first-order chi connectivity index (χ1) is 3.63. The van der Waals surface area contributed by atoms with Gasteiger partial charge in [-0.05, 0) is 6.92 Å². The van der Waals surface area contributed by atoms with E-state index in [9.17, 15) is 4.79 Å². The van der Waals surface area contributed by atoms with Crippen molar-refractivity contribution in [2.75, 3.05) is 0 Å². The van der Waals surface area contributed by atoms with Crippen LogP contribution in [0.3, 0.4) is 0 Å². The van der Waals surface area contributed by atoms with E-state index in [0.717, 1.165) is 0 Å². The molecule has 0 bridgehead atoms. The third kappa shape index (κ3) is 5.43.